The van der Waals surface area contributed by atoms with E-state index in [2.05, 4.69) is 16.0 Å². The number of phenolic OH excluding ortho intramolecular Hbond substituents is 2. The quantitative estimate of drug-likeness (QED) is 0.0978. The van der Waals surface area contributed by atoms with Gasteiger partial charge in [-0.2, -0.15) is 0 Å². The number of carbonyl (C=O) groups is 6. The van der Waals surface area contributed by atoms with Gasteiger partial charge < -0.3 is 64.3 Å². The molecule has 2 aliphatic carbocycles. The predicted molar refractivity (Wildman–Crippen MR) is 226 cm³/mol. The topological polar surface area (TPSA) is 262 Å². The first-order chi connectivity index (χ1) is 30.3. The summed E-state index contributed by atoms with van der Waals surface area (Å²) in [5.74, 6) is -5.13. The lowest BCUT2D eigenvalue weighted by molar-refractivity contribution is -0.248. The minimum absolute atomic E-state index is 0.0674. The second kappa shape index (κ2) is 16.2. The molecule has 7 N–H and O–H groups in total. The minimum Gasteiger partial charge on any atom is -0.507 e. The molecule has 0 saturated carbocycles. The van der Waals surface area contributed by atoms with Crippen LogP contribution in [0.3, 0.4) is 0 Å². The highest BCUT2D eigenvalue weighted by Crippen LogP contribution is 2.52. The number of ketones is 3. The molecule has 0 spiro atoms. The van der Waals surface area contributed by atoms with Gasteiger partial charge in [-0.1, -0.05) is 12.1 Å². The number of methoxy groups -OCH3 is 1. The van der Waals surface area contributed by atoms with Crippen LogP contribution in [0, 0.1) is 0 Å². The zero-order chi connectivity index (χ0) is 46.1. The number of Topliss-reactive ketones (excluding diaryl/α,β-unsaturated/α-hetero) is 1. The fraction of sp³-hybridized carbons (Fsp3) is 0.333. The molecular formula is C45H46N6O13. The number of anilines is 2. The second-order valence-electron chi connectivity index (χ2n) is 16.4. The van der Waals surface area contributed by atoms with Crippen molar-refractivity contribution in [2.24, 2.45) is 21.1 Å². The number of hydrogen-bond acceptors (Lipinski definition) is 13. The molecule has 3 aromatic heterocycles. The number of aliphatic hydroxyl groups is 2. The van der Waals surface area contributed by atoms with Gasteiger partial charge in [0.15, 0.2) is 17.9 Å². The van der Waals surface area contributed by atoms with Gasteiger partial charge in [0.2, 0.25) is 5.78 Å². The number of ether oxygens (including phenoxy) is 3. The number of aliphatic hydroxyl groups excluding tert-OH is 1. The molecule has 1 aliphatic heterocycles. The Kier molecular flexibility index (Phi) is 11.1. The number of fused-ring (bicyclic) bond motifs is 3. The Morgan fingerprint density at radius 1 is 0.828 bits per heavy atom. The lowest BCUT2D eigenvalue weighted by Crippen LogP contribution is -2.56. The highest BCUT2D eigenvalue weighted by molar-refractivity contribution is 6.31. The molecule has 6 atom stereocenters. The molecule has 19 heteroatoms. The fourth-order valence-electron chi connectivity index (χ4n) is 8.81. The molecule has 8 rings (SSSR count). The highest BCUT2D eigenvalue weighted by Gasteiger charge is 2.50. The average Bonchev–Trinajstić information content (AvgIpc) is 3.96. The van der Waals surface area contributed by atoms with Crippen LogP contribution in [0.15, 0.2) is 61.1 Å². The van der Waals surface area contributed by atoms with Gasteiger partial charge in [0.05, 0.1) is 53.4 Å². The first kappa shape index (κ1) is 43.6. The number of carbonyl (C=O) groups excluding carboxylic acids is 6. The molecule has 64 heavy (non-hydrogen) atoms. The first-order valence-electron chi connectivity index (χ1n) is 20.3. The Balaban J connectivity index is 1.01. The number of nitrogens with zero attached hydrogens (tertiary/aromatic N) is 3. The number of aromatic nitrogens is 3. The van der Waals surface area contributed by atoms with Crippen LogP contribution < -0.4 is 20.7 Å². The zero-order valence-electron chi connectivity index (χ0n) is 35.6. The Labute approximate surface area is 365 Å². The van der Waals surface area contributed by atoms with Crippen LogP contribution >= 0.6 is 0 Å². The summed E-state index contributed by atoms with van der Waals surface area (Å²) in [5, 5.41) is 54.7. The number of benzene rings is 2. The van der Waals surface area contributed by atoms with E-state index in [9.17, 15) is 49.2 Å². The number of hydrogen-bond donors (Lipinski definition) is 7. The van der Waals surface area contributed by atoms with E-state index < -0.39 is 101 Å². The van der Waals surface area contributed by atoms with Crippen molar-refractivity contribution in [3.63, 3.8) is 0 Å². The summed E-state index contributed by atoms with van der Waals surface area (Å²) in [7, 11) is 6.28. The van der Waals surface area contributed by atoms with E-state index in [1.54, 1.807) is 54.8 Å². The summed E-state index contributed by atoms with van der Waals surface area (Å²) < 4.78 is 22.4. The third-order valence-electron chi connectivity index (χ3n) is 12.2. The van der Waals surface area contributed by atoms with E-state index in [1.165, 1.54) is 55.1 Å². The molecule has 3 amide bonds. The van der Waals surface area contributed by atoms with Gasteiger partial charge in [-0.25, -0.2) is 0 Å². The predicted octanol–water partition coefficient (Wildman–Crippen LogP) is 3.02. The van der Waals surface area contributed by atoms with Gasteiger partial charge >= 0.3 is 0 Å². The van der Waals surface area contributed by atoms with Crippen LogP contribution in [0.2, 0.25) is 0 Å². The average molecular weight is 879 g/mol. The van der Waals surface area contributed by atoms with E-state index in [4.69, 9.17) is 14.2 Å². The van der Waals surface area contributed by atoms with Crippen molar-refractivity contribution in [3.8, 4) is 17.2 Å². The molecule has 5 aromatic rings. The van der Waals surface area contributed by atoms with Crippen LogP contribution in [-0.2, 0) is 41.8 Å². The van der Waals surface area contributed by atoms with Gasteiger partial charge in [-0.3, -0.25) is 28.8 Å². The van der Waals surface area contributed by atoms with Crippen molar-refractivity contribution in [1.29, 1.82) is 0 Å². The van der Waals surface area contributed by atoms with Gasteiger partial charge in [-0.15, -0.1) is 0 Å². The van der Waals surface area contributed by atoms with Crippen molar-refractivity contribution in [2.75, 3.05) is 17.7 Å². The standard InChI is InChI=1S/C45H46N6O13/c1-20-37(53)26(48-44(60)29-14-23(19-51(29)5)47-43(59)28-13-22(18-50(28)4)46-42(58)27-10-8-12-49(27)3)15-32(63-20)64-31-17-45(61,21(2)52)16-25-34(31)41(57)36-35(39(25)55)38(54)24-9-7-11-30(62-6)33(24)40(36)56/h7-14,18-20,26,31-32,37,53,55,57,61H,15-17H2,1-6H3,(H,46,58)(H,47,59)(H,48,60)/t20?,26?,31-,32?,37?,45+/m0/s1. The third-order valence-corrected chi connectivity index (χ3v) is 12.2. The summed E-state index contributed by atoms with van der Waals surface area (Å²) in [6.45, 7) is 2.68. The van der Waals surface area contributed by atoms with Crippen LogP contribution in [0.25, 0.3) is 0 Å². The number of nitrogens with one attached hydrogen (secondary N) is 3. The fourth-order valence-corrected chi connectivity index (χ4v) is 8.81. The van der Waals surface area contributed by atoms with Crippen LogP contribution in [-0.4, -0.2) is 106 Å². The Morgan fingerprint density at radius 2 is 1.45 bits per heavy atom. The number of phenols is 2. The molecule has 4 unspecified atom stereocenters. The SMILES string of the molecule is COc1cccc2c1C(=O)c1c(O)c3c(c(O)c1C2=O)C[C@](O)(C(C)=O)C[C@@H]3OC1CC(NC(=O)c2cc(NC(=O)c3cc(NC(=O)c4cccn4C)cn3C)cn2C)C(O)C(C)O1. The maximum atomic E-state index is 14.0. The van der Waals surface area contributed by atoms with Crippen LogP contribution in [0.1, 0.15) is 107 Å². The maximum absolute atomic E-state index is 14.0. The summed E-state index contributed by atoms with van der Waals surface area (Å²) in [6.07, 6.45) is -1.21. The van der Waals surface area contributed by atoms with Crippen molar-refractivity contribution in [1.82, 2.24) is 19.0 Å². The van der Waals surface area contributed by atoms with Crippen LogP contribution in [0.4, 0.5) is 11.4 Å². The highest BCUT2D eigenvalue weighted by atomic mass is 16.7. The van der Waals surface area contributed by atoms with Crippen molar-refractivity contribution in [3.05, 3.63) is 112 Å². The van der Waals surface area contributed by atoms with Crippen molar-refractivity contribution < 1.29 is 63.4 Å². The maximum Gasteiger partial charge on any atom is 0.272 e. The number of aromatic hydroxyl groups is 2. The molecule has 1 saturated heterocycles. The Morgan fingerprint density at radius 3 is 2.06 bits per heavy atom. The van der Waals surface area contributed by atoms with E-state index in [0.717, 1.165) is 6.92 Å². The zero-order valence-corrected chi connectivity index (χ0v) is 35.6. The molecular weight excluding hydrogens is 833 g/mol. The molecule has 0 bridgehead atoms. The normalized spacial score (nSPS) is 22.5. The molecule has 0 radical (unpaired) electrons. The van der Waals surface area contributed by atoms with Gasteiger partial charge in [0.1, 0.15) is 46.0 Å². The van der Waals surface area contributed by atoms with Gasteiger partial charge in [-0.05, 0) is 44.2 Å². The first-order valence-corrected chi connectivity index (χ1v) is 20.3. The molecule has 3 aliphatic rings. The van der Waals surface area contributed by atoms with E-state index in [-0.39, 0.29) is 57.4 Å². The summed E-state index contributed by atoms with van der Waals surface area (Å²) in [4.78, 5) is 80.6. The Hall–Kier alpha value is -7.06. The molecule has 4 heterocycles. The lowest BCUT2D eigenvalue weighted by Gasteiger charge is -2.42. The third kappa shape index (κ3) is 7.40. The smallest absolute Gasteiger partial charge is 0.272 e. The Bertz CT molecular complexity index is 2800. The van der Waals surface area contributed by atoms with Crippen molar-refractivity contribution >= 4 is 46.4 Å². The number of rotatable bonds is 10. The minimum atomic E-state index is -2.15. The molecule has 334 valence electrons. The molecule has 1 fully saturated rings. The largest absolute Gasteiger partial charge is 0.507 e. The summed E-state index contributed by atoms with van der Waals surface area (Å²) >= 11 is 0. The van der Waals surface area contributed by atoms with E-state index >= 15 is 0 Å². The number of amides is 3. The van der Waals surface area contributed by atoms with E-state index in [0.29, 0.717) is 11.4 Å². The monoisotopic (exact) mass is 878 g/mol. The molecule has 19 nitrogen and oxygen atoms in total. The summed E-state index contributed by atoms with van der Waals surface area (Å²) in [5.41, 5.74) is -2.23. The van der Waals surface area contributed by atoms with Crippen LogP contribution in [0.5, 0.6) is 17.2 Å². The van der Waals surface area contributed by atoms with Gasteiger partial charge in [0, 0.05) is 75.7 Å². The van der Waals surface area contributed by atoms with Crippen molar-refractivity contribution in [2.45, 2.75) is 69.4 Å². The lowest BCUT2D eigenvalue weighted by atomic mass is 9.72. The number of aryl methyl sites for hydroxylation is 3. The summed E-state index contributed by atoms with van der Waals surface area (Å²) in [6, 6.07) is 9.70. The second-order valence-corrected chi connectivity index (χ2v) is 16.4. The van der Waals surface area contributed by atoms with E-state index in [1.807, 2.05) is 0 Å². The van der Waals surface area contributed by atoms with Gasteiger partial charge in [0.25, 0.3) is 17.7 Å². The molecule has 2 aromatic carbocycles.